The average molecular weight is 451 g/mol. The van der Waals surface area contributed by atoms with Crippen LogP contribution in [0.5, 0.6) is 0 Å². The Morgan fingerprint density at radius 1 is 1.13 bits per heavy atom. The van der Waals surface area contributed by atoms with Gasteiger partial charge < -0.3 is 5.32 Å². The van der Waals surface area contributed by atoms with Crippen LogP contribution in [0.3, 0.4) is 0 Å². The SMILES string of the molecule is Cc1c(Cl)cccc1S(=O)(=O)N1CCCC(NC(=O)C23CC4CC(CC(C4)C2)C3)C1. The average Bonchev–Trinajstić information content (AvgIpc) is 2.69. The molecule has 1 unspecified atom stereocenters. The summed E-state index contributed by atoms with van der Waals surface area (Å²) < 4.78 is 28.1. The molecular weight excluding hydrogens is 420 g/mol. The van der Waals surface area contributed by atoms with E-state index < -0.39 is 10.0 Å². The predicted octanol–water partition coefficient (Wildman–Crippen LogP) is 4.13. The lowest BCUT2D eigenvalue weighted by molar-refractivity contribution is -0.147. The van der Waals surface area contributed by atoms with E-state index in [1.165, 1.54) is 23.6 Å². The van der Waals surface area contributed by atoms with Gasteiger partial charge in [0.15, 0.2) is 0 Å². The van der Waals surface area contributed by atoms with E-state index in [0.29, 0.717) is 23.7 Å². The molecular formula is C23H31ClN2O3S. The topological polar surface area (TPSA) is 66.5 Å². The molecule has 164 valence electrons. The van der Waals surface area contributed by atoms with Crippen molar-refractivity contribution in [3.05, 3.63) is 28.8 Å². The van der Waals surface area contributed by atoms with Crippen LogP contribution in [0.25, 0.3) is 0 Å². The minimum Gasteiger partial charge on any atom is -0.352 e. The summed E-state index contributed by atoms with van der Waals surface area (Å²) in [6.07, 6.45) is 8.59. The molecule has 1 aromatic carbocycles. The van der Waals surface area contributed by atoms with Crippen LogP contribution in [0.2, 0.25) is 5.02 Å². The van der Waals surface area contributed by atoms with Gasteiger partial charge >= 0.3 is 0 Å². The summed E-state index contributed by atoms with van der Waals surface area (Å²) in [6.45, 7) is 2.57. The lowest BCUT2D eigenvalue weighted by atomic mass is 9.49. The number of rotatable bonds is 4. The zero-order valence-electron chi connectivity index (χ0n) is 17.6. The fraction of sp³-hybridized carbons (Fsp3) is 0.696. The molecule has 1 aliphatic heterocycles. The van der Waals surface area contributed by atoms with Gasteiger partial charge in [0, 0.05) is 29.6 Å². The van der Waals surface area contributed by atoms with E-state index in [4.69, 9.17) is 11.6 Å². The molecule has 1 saturated heterocycles. The molecule has 1 N–H and O–H groups in total. The summed E-state index contributed by atoms with van der Waals surface area (Å²) in [6, 6.07) is 4.89. The normalized spacial score (nSPS) is 36.1. The third kappa shape index (κ3) is 3.49. The van der Waals surface area contributed by atoms with Crippen molar-refractivity contribution in [2.24, 2.45) is 23.2 Å². The summed E-state index contributed by atoms with van der Waals surface area (Å²) >= 11 is 6.17. The highest BCUT2D eigenvalue weighted by atomic mass is 35.5. The third-order valence-electron chi connectivity index (χ3n) is 8.08. The van der Waals surface area contributed by atoms with Crippen LogP contribution in [0.4, 0.5) is 0 Å². The molecule has 5 fully saturated rings. The van der Waals surface area contributed by atoms with Gasteiger partial charge in [-0.05, 0) is 93.7 Å². The zero-order valence-corrected chi connectivity index (χ0v) is 19.1. The summed E-state index contributed by atoms with van der Waals surface area (Å²) in [5.74, 6) is 2.34. The number of nitrogens with zero attached hydrogens (tertiary/aromatic N) is 1. The second kappa shape index (κ2) is 7.49. The van der Waals surface area contributed by atoms with Crippen LogP contribution in [-0.4, -0.2) is 37.8 Å². The Bertz CT molecular complexity index is 926. The number of sulfonamides is 1. The Hall–Kier alpha value is -1.11. The van der Waals surface area contributed by atoms with E-state index in [1.807, 2.05) is 0 Å². The van der Waals surface area contributed by atoms with E-state index in [0.717, 1.165) is 49.9 Å². The van der Waals surface area contributed by atoms with E-state index in [1.54, 1.807) is 25.1 Å². The molecule has 1 atom stereocenters. The van der Waals surface area contributed by atoms with Gasteiger partial charge in [0.05, 0.1) is 4.90 Å². The summed E-state index contributed by atoms with van der Waals surface area (Å²) in [5, 5.41) is 3.74. The van der Waals surface area contributed by atoms with Crippen molar-refractivity contribution < 1.29 is 13.2 Å². The van der Waals surface area contributed by atoms with Crippen molar-refractivity contribution in [1.29, 1.82) is 0 Å². The van der Waals surface area contributed by atoms with Crippen LogP contribution >= 0.6 is 11.6 Å². The Morgan fingerprint density at radius 2 is 1.77 bits per heavy atom. The minimum absolute atomic E-state index is 0.117. The summed E-state index contributed by atoms with van der Waals surface area (Å²) in [7, 11) is -3.63. The maximum Gasteiger partial charge on any atom is 0.243 e. The van der Waals surface area contributed by atoms with Crippen molar-refractivity contribution in [2.45, 2.75) is 69.2 Å². The number of benzene rings is 1. The largest absolute Gasteiger partial charge is 0.352 e. The van der Waals surface area contributed by atoms with Gasteiger partial charge in [0.1, 0.15) is 0 Å². The molecule has 0 aromatic heterocycles. The fourth-order valence-corrected chi connectivity index (χ4v) is 9.01. The van der Waals surface area contributed by atoms with Crippen LogP contribution in [0, 0.1) is 30.1 Å². The van der Waals surface area contributed by atoms with Gasteiger partial charge in [-0.3, -0.25) is 4.79 Å². The molecule has 30 heavy (non-hydrogen) atoms. The summed E-state index contributed by atoms with van der Waals surface area (Å²) in [4.78, 5) is 13.7. The number of hydrogen-bond acceptors (Lipinski definition) is 3. The van der Waals surface area contributed by atoms with Crippen LogP contribution in [-0.2, 0) is 14.8 Å². The molecule has 1 aromatic rings. The van der Waals surface area contributed by atoms with Crippen LogP contribution in [0.15, 0.2) is 23.1 Å². The van der Waals surface area contributed by atoms with Crippen molar-refractivity contribution in [2.75, 3.05) is 13.1 Å². The first-order chi connectivity index (χ1) is 14.3. The predicted molar refractivity (Wildman–Crippen MR) is 117 cm³/mol. The maximum atomic E-state index is 13.4. The molecule has 0 radical (unpaired) electrons. The number of piperidine rings is 1. The first-order valence-electron chi connectivity index (χ1n) is 11.3. The zero-order chi connectivity index (χ0) is 21.1. The Labute approximate surface area is 184 Å². The lowest BCUT2D eigenvalue weighted by Gasteiger charge is -2.56. The molecule has 7 heteroatoms. The Morgan fingerprint density at radius 3 is 2.40 bits per heavy atom. The third-order valence-corrected chi connectivity index (χ3v) is 10.5. The van der Waals surface area contributed by atoms with E-state index in [9.17, 15) is 13.2 Å². The molecule has 1 amide bonds. The molecule has 5 nitrogen and oxygen atoms in total. The van der Waals surface area contributed by atoms with Crippen molar-refractivity contribution in [1.82, 2.24) is 9.62 Å². The first-order valence-corrected chi connectivity index (χ1v) is 13.1. The van der Waals surface area contributed by atoms with Crippen LogP contribution in [0.1, 0.15) is 56.9 Å². The highest BCUT2D eigenvalue weighted by Gasteiger charge is 2.54. The second-order valence-electron chi connectivity index (χ2n) is 10.2. The molecule has 4 bridgehead atoms. The van der Waals surface area contributed by atoms with Gasteiger partial charge in [-0.15, -0.1) is 0 Å². The molecule has 6 rings (SSSR count). The molecule has 0 spiro atoms. The highest BCUT2D eigenvalue weighted by molar-refractivity contribution is 7.89. The Balaban J connectivity index is 1.30. The number of hydrogen-bond donors (Lipinski definition) is 1. The fourth-order valence-electron chi connectivity index (χ4n) is 7.01. The number of carbonyl (C=O) groups excluding carboxylic acids is 1. The molecule has 5 aliphatic rings. The van der Waals surface area contributed by atoms with Gasteiger partial charge in [-0.1, -0.05) is 17.7 Å². The standard InChI is InChI=1S/C23H31ClN2O3S/c1-15-20(24)5-2-6-21(15)30(28,29)26-7-3-4-19(14-26)25-22(27)23-11-16-8-17(12-23)10-18(9-16)13-23/h2,5-6,16-19H,3-4,7-14H2,1H3,(H,25,27). The van der Waals surface area contributed by atoms with E-state index in [-0.39, 0.29) is 22.3 Å². The van der Waals surface area contributed by atoms with Gasteiger partial charge in [-0.25, -0.2) is 8.42 Å². The number of carbonyl (C=O) groups is 1. The maximum absolute atomic E-state index is 13.4. The molecule has 1 heterocycles. The lowest BCUT2D eigenvalue weighted by Crippen LogP contribution is -2.57. The number of nitrogens with one attached hydrogen (secondary N) is 1. The second-order valence-corrected chi connectivity index (χ2v) is 12.6. The van der Waals surface area contributed by atoms with Gasteiger partial charge in [0.25, 0.3) is 0 Å². The smallest absolute Gasteiger partial charge is 0.243 e. The molecule has 4 aliphatic carbocycles. The van der Waals surface area contributed by atoms with Crippen molar-refractivity contribution in [3.63, 3.8) is 0 Å². The quantitative estimate of drug-likeness (QED) is 0.749. The number of halogens is 1. The Kier molecular flexibility index (Phi) is 5.19. The monoisotopic (exact) mass is 450 g/mol. The first kappa shape index (κ1) is 20.8. The van der Waals surface area contributed by atoms with Crippen molar-refractivity contribution in [3.8, 4) is 0 Å². The van der Waals surface area contributed by atoms with Crippen LogP contribution < -0.4 is 5.32 Å². The van der Waals surface area contributed by atoms with Gasteiger partial charge in [0.2, 0.25) is 15.9 Å². The minimum atomic E-state index is -3.63. The highest BCUT2D eigenvalue weighted by Crippen LogP contribution is 2.60. The van der Waals surface area contributed by atoms with E-state index >= 15 is 0 Å². The van der Waals surface area contributed by atoms with Crippen molar-refractivity contribution >= 4 is 27.5 Å². The molecule has 4 saturated carbocycles. The number of amides is 1. The summed E-state index contributed by atoms with van der Waals surface area (Å²) in [5.41, 5.74) is 0.387. The van der Waals surface area contributed by atoms with E-state index in [2.05, 4.69) is 5.32 Å². The van der Waals surface area contributed by atoms with Gasteiger partial charge in [-0.2, -0.15) is 4.31 Å².